The molecule has 2 aliphatic rings. The SMILES string of the molecule is C=CC1=C(C(=O)O)N2C(=O)[C@@H](NC(=O)C(=N)/C(=C/SCN)N=C)[C@H]2SC1. The molecule has 0 saturated carbocycles. The Balaban J connectivity index is 2.13. The number of hydrogen-bond acceptors (Lipinski definition) is 8. The molecular weight excluding hydrogens is 378 g/mol. The van der Waals surface area contributed by atoms with Crippen LogP contribution in [-0.4, -0.2) is 63.3 Å². The molecule has 0 aliphatic carbocycles. The lowest BCUT2D eigenvalue weighted by molar-refractivity contribution is -0.150. The summed E-state index contributed by atoms with van der Waals surface area (Å²) in [5.74, 6) is -1.96. The summed E-state index contributed by atoms with van der Waals surface area (Å²) in [4.78, 5) is 40.8. The molecular formula is C15H17N5O4S2. The molecule has 26 heavy (non-hydrogen) atoms. The Morgan fingerprint density at radius 1 is 1.58 bits per heavy atom. The Morgan fingerprint density at radius 2 is 2.27 bits per heavy atom. The van der Waals surface area contributed by atoms with Crippen LogP contribution < -0.4 is 11.1 Å². The van der Waals surface area contributed by atoms with Crippen molar-refractivity contribution < 1.29 is 19.5 Å². The first-order valence-electron chi connectivity index (χ1n) is 7.29. The van der Waals surface area contributed by atoms with Crippen molar-refractivity contribution in [3.63, 3.8) is 0 Å². The molecule has 9 nitrogen and oxygen atoms in total. The quantitative estimate of drug-likeness (QED) is 0.259. The Hall–Kier alpha value is -2.37. The molecule has 0 aromatic heterocycles. The first kappa shape index (κ1) is 19.9. The molecule has 0 aromatic carbocycles. The number of aliphatic imine (C=N–C) groups is 1. The number of β-lactam (4-membered cyclic amide) rings is 1. The zero-order valence-corrected chi connectivity index (χ0v) is 15.2. The fourth-order valence-corrected chi connectivity index (χ4v) is 4.22. The summed E-state index contributed by atoms with van der Waals surface area (Å²) in [6, 6.07) is -0.915. The van der Waals surface area contributed by atoms with Crippen LogP contribution in [0, 0.1) is 5.41 Å². The number of aliphatic carboxylic acids is 1. The van der Waals surface area contributed by atoms with Gasteiger partial charge in [0, 0.05) is 17.0 Å². The smallest absolute Gasteiger partial charge is 0.352 e. The minimum absolute atomic E-state index is 0.0398. The zero-order chi connectivity index (χ0) is 19.4. The summed E-state index contributed by atoms with van der Waals surface area (Å²) >= 11 is 2.47. The fraction of sp³-hybridized carbons (Fsp3) is 0.267. The minimum Gasteiger partial charge on any atom is -0.477 e. The molecule has 5 N–H and O–H groups in total. The van der Waals surface area contributed by atoms with E-state index in [2.05, 4.69) is 23.6 Å². The van der Waals surface area contributed by atoms with Crippen LogP contribution in [0.2, 0.25) is 0 Å². The topological polar surface area (TPSA) is 149 Å². The molecule has 1 fully saturated rings. The van der Waals surface area contributed by atoms with E-state index in [4.69, 9.17) is 11.1 Å². The van der Waals surface area contributed by atoms with Crippen LogP contribution in [0.4, 0.5) is 0 Å². The van der Waals surface area contributed by atoms with Crippen molar-refractivity contribution in [1.82, 2.24) is 10.2 Å². The van der Waals surface area contributed by atoms with Gasteiger partial charge in [-0.1, -0.05) is 12.7 Å². The van der Waals surface area contributed by atoms with Gasteiger partial charge >= 0.3 is 5.97 Å². The summed E-state index contributed by atoms with van der Waals surface area (Å²) < 4.78 is 0. The third kappa shape index (κ3) is 3.59. The van der Waals surface area contributed by atoms with Gasteiger partial charge in [-0.05, 0) is 12.3 Å². The lowest BCUT2D eigenvalue weighted by atomic mass is 10.0. The van der Waals surface area contributed by atoms with Crippen LogP contribution in [0.25, 0.3) is 0 Å². The van der Waals surface area contributed by atoms with Gasteiger partial charge in [-0.2, -0.15) is 0 Å². The van der Waals surface area contributed by atoms with Crippen LogP contribution in [-0.2, 0) is 14.4 Å². The highest BCUT2D eigenvalue weighted by Gasteiger charge is 2.54. The number of allylic oxidation sites excluding steroid dienone is 1. The van der Waals surface area contributed by atoms with Crippen molar-refractivity contribution in [3.8, 4) is 0 Å². The summed E-state index contributed by atoms with van der Waals surface area (Å²) in [5, 5.41) is 20.6. The maximum atomic E-state index is 12.4. The van der Waals surface area contributed by atoms with Crippen molar-refractivity contribution >= 4 is 53.7 Å². The number of carbonyl (C=O) groups excluding carboxylic acids is 2. The molecule has 0 radical (unpaired) electrons. The number of amides is 2. The van der Waals surface area contributed by atoms with E-state index in [1.54, 1.807) is 0 Å². The molecule has 2 heterocycles. The van der Waals surface area contributed by atoms with E-state index in [-0.39, 0.29) is 17.3 Å². The first-order chi connectivity index (χ1) is 12.4. The predicted molar refractivity (Wildman–Crippen MR) is 102 cm³/mol. The van der Waals surface area contributed by atoms with E-state index in [9.17, 15) is 19.5 Å². The van der Waals surface area contributed by atoms with Gasteiger partial charge in [0.25, 0.3) is 11.8 Å². The van der Waals surface area contributed by atoms with Crippen molar-refractivity contribution in [1.29, 1.82) is 5.41 Å². The van der Waals surface area contributed by atoms with Gasteiger partial charge in [0.15, 0.2) is 0 Å². The van der Waals surface area contributed by atoms with E-state index in [1.165, 1.54) is 23.2 Å². The van der Waals surface area contributed by atoms with Gasteiger partial charge in [-0.15, -0.1) is 23.5 Å². The van der Waals surface area contributed by atoms with Gasteiger partial charge in [0.05, 0.1) is 5.70 Å². The molecule has 0 aromatic rings. The number of nitrogens with two attached hydrogens (primary N) is 1. The zero-order valence-electron chi connectivity index (χ0n) is 13.6. The number of carbonyl (C=O) groups is 3. The van der Waals surface area contributed by atoms with E-state index in [0.717, 1.165) is 16.7 Å². The molecule has 0 unspecified atom stereocenters. The Labute approximate surface area is 158 Å². The number of nitrogens with one attached hydrogen (secondary N) is 2. The predicted octanol–water partition coefficient (Wildman–Crippen LogP) is 0.122. The highest BCUT2D eigenvalue weighted by molar-refractivity contribution is 8.02. The molecule has 2 atom stereocenters. The van der Waals surface area contributed by atoms with Gasteiger partial charge in [-0.25, -0.2) is 4.79 Å². The molecule has 11 heteroatoms. The van der Waals surface area contributed by atoms with E-state index >= 15 is 0 Å². The maximum absolute atomic E-state index is 12.4. The van der Waals surface area contributed by atoms with E-state index < -0.39 is 34.9 Å². The van der Waals surface area contributed by atoms with Crippen LogP contribution in [0.5, 0.6) is 0 Å². The fourth-order valence-electron chi connectivity index (χ4n) is 2.43. The molecule has 138 valence electrons. The number of carboxylic acids is 1. The monoisotopic (exact) mass is 395 g/mol. The van der Waals surface area contributed by atoms with Gasteiger partial charge in [0.2, 0.25) is 0 Å². The highest BCUT2D eigenvalue weighted by atomic mass is 32.2. The molecule has 2 aliphatic heterocycles. The number of fused-ring (bicyclic) bond motifs is 1. The summed E-state index contributed by atoms with van der Waals surface area (Å²) in [6.07, 6.45) is 1.41. The van der Waals surface area contributed by atoms with Crippen molar-refractivity contribution in [3.05, 3.63) is 35.0 Å². The molecule has 0 bridgehead atoms. The van der Waals surface area contributed by atoms with Crippen LogP contribution in [0.1, 0.15) is 0 Å². The number of hydrogen-bond donors (Lipinski definition) is 4. The first-order valence-corrected chi connectivity index (χ1v) is 9.39. The van der Waals surface area contributed by atoms with Gasteiger partial charge < -0.3 is 16.2 Å². The van der Waals surface area contributed by atoms with Gasteiger partial charge in [-0.3, -0.25) is 24.9 Å². The Bertz CT molecular complexity index is 761. The Kier molecular flexibility index (Phi) is 6.40. The number of carboxylic acid groups (broad SMARTS) is 1. The largest absolute Gasteiger partial charge is 0.477 e. The normalized spacial score (nSPS) is 22.3. The number of rotatable bonds is 8. The number of thioether (sulfide) groups is 2. The van der Waals surface area contributed by atoms with Crippen LogP contribution in [0.3, 0.4) is 0 Å². The van der Waals surface area contributed by atoms with Crippen LogP contribution in [0.15, 0.2) is 40.0 Å². The molecule has 2 rings (SSSR count). The second-order valence-corrected chi connectivity index (χ2v) is 7.12. The van der Waals surface area contributed by atoms with Crippen molar-refractivity contribution in [2.45, 2.75) is 11.4 Å². The lowest BCUT2D eigenvalue weighted by Gasteiger charge is -2.49. The maximum Gasteiger partial charge on any atom is 0.352 e. The molecule has 2 amide bonds. The minimum atomic E-state index is -1.23. The van der Waals surface area contributed by atoms with Gasteiger partial charge in [0.1, 0.15) is 22.8 Å². The third-order valence-electron chi connectivity index (χ3n) is 3.68. The molecule has 1 saturated heterocycles. The van der Waals surface area contributed by atoms with E-state index in [1.807, 2.05) is 0 Å². The Morgan fingerprint density at radius 3 is 2.81 bits per heavy atom. The molecule has 0 spiro atoms. The third-order valence-corrected chi connectivity index (χ3v) is 5.56. The summed E-state index contributed by atoms with van der Waals surface area (Å²) in [7, 11) is 0. The summed E-state index contributed by atoms with van der Waals surface area (Å²) in [5.41, 5.74) is 5.26. The van der Waals surface area contributed by atoms with Crippen molar-refractivity contribution in [2.24, 2.45) is 10.7 Å². The number of nitrogens with zero attached hydrogens (tertiary/aromatic N) is 2. The van der Waals surface area contributed by atoms with Crippen LogP contribution >= 0.6 is 23.5 Å². The average molecular weight is 395 g/mol. The highest BCUT2D eigenvalue weighted by Crippen LogP contribution is 2.40. The standard InChI is InChI=1S/C15H17N5O4S2/c1-3-7-4-26-14-10(13(22)20(14)11(7)15(23)24)19-12(21)9(17)8(18-2)5-25-6-16/h3,5,10,14,17H,1-2,4,6,16H2,(H,19,21)(H,23,24)/b8-5-,17-9?/t10-,14-/m1/s1. The van der Waals surface area contributed by atoms with E-state index in [0.29, 0.717) is 11.3 Å². The summed E-state index contributed by atoms with van der Waals surface area (Å²) in [6.45, 7) is 6.87. The second kappa shape index (κ2) is 8.34. The lowest BCUT2D eigenvalue weighted by Crippen LogP contribution is -2.71. The van der Waals surface area contributed by atoms with Crippen molar-refractivity contribution in [2.75, 3.05) is 11.6 Å². The second-order valence-electron chi connectivity index (χ2n) is 5.11. The average Bonchev–Trinajstić information content (AvgIpc) is 2.64.